The van der Waals surface area contributed by atoms with E-state index in [1.807, 2.05) is 0 Å². The molecule has 0 fully saturated rings. The van der Waals surface area contributed by atoms with Crippen molar-refractivity contribution in [3.63, 3.8) is 0 Å². The zero-order chi connectivity index (χ0) is 13.1. The molecule has 0 aliphatic rings. The summed E-state index contributed by atoms with van der Waals surface area (Å²) < 4.78 is 4.65. The van der Waals surface area contributed by atoms with E-state index in [4.69, 9.17) is 5.11 Å². The van der Waals surface area contributed by atoms with Crippen LogP contribution in [0.25, 0.3) is 11.5 Å². The number of aromatic nitrogens is 3. The summed E-state index contributed by atoms with van der Waals surface area (Å²) in [6.07, 6.45) is -1.65. The maximum atomic E-state index is 9.77. The summed E-state index contributed by atoms with van der Waals surface area (Å²) in [5, 5.41) is 40.9. The Morgan fingerprint density at radius 1 is 1.32 bits per heavy atom. The number of H-pyrrole nitrogens is 1. The lowest BCUT2D eigenvalue weighted by molar-refractivity contribution is -0.0788. The molecule has 0 amide bonds. The SMILES string of the molecule is O.OCC(O)C(O)C(O)c1cnc(-c2ccon2)[nH]1. The second-order valence-corrected chi connectivity index (χ2v) is 3.76. The first kappa shape index (κ1) is 15.3. The van der Waals surface area contributed by atoms with Crippen molar-refractivity contribution in [2.45, 2.75) is 18.3 Å². The molecule has 9 nitrogen and oxygen atoms in total. The quantitative estimate of drug-likeness (QED) is 0.419. The van der Waals surface area contributed by atoms with Crippen molar-refractivity contribution in [1.82, 2.24) is 15.1 Å². The van der Waals surface area contributed by atoms with Crippen molar-refractivity contribution in [3.8, 4) is 11.5 Å². The van der Waals surface area contributed by atoms with Crippen LogP contribution >= 0.6 is 0 Å². The molecule has 7 N–H and O–H groups in total. The highest BCUT2D eigenvalue weighted by Crippen LogP contribution is 2.20. The highest BCUT2D eigenvalue weighted by Gasteiger charge is 2.27. The van der Waals surface area contributed by atoms with Crippen LogP contribution in [0.3, 0.4) is 0 Å². The number of aliphatic hydroxyl groups excluding tert-OH is 4. The van der Waals surface area contributed by atoms with Crippen LogP contribution in [0.15, 0.2) is 23.0 Å². The molecule has 2 rings (SSSR count). The third-order valence-corrected chi connectivity index (χ3v) is 2.50. The fourth-order valence-electron chi connectivity index (χ4n) is 1.45. The molecule has 19 heavy (non-hydrogen) atoms. The number of aromatic amines is 1. The lowest BCUT2D eigenvalue weighted by Gasteiger charge is -2.20. The van der Waals surface area contributed by atoms with Crippen molar-refractivity contribution < 1.29 is 30.4 Å². The summed E-state index contributed by atoms with van der Waals surface area (Å²) in [7, 11) is 0. The van der Waals surface area contributed by atoms with Crippen molar-refractivity contribution in [2.75, 3.05) is 6.61 Å². The van der Waals surface area contributed by atoms with E-state index in [2.05, 4.69) is 19.6 Å². The van der Waals surface area contributed by atoms with E-state index in [-0.39, 0.29) is 11.2 Å². The van der Waals surface area contributed by atoms with Gasteiger partial charge in [-0.05, 0) is 0 Å². The Hall–Kier alpha value is -1.78. The summed E-state index contributed by atoms with van der Waals surface area (Å²) in [4.78, 5) is 6.69. The van der Waals surface area contributed by atoms with Gasteiger partial charge in [0.25, 0.3) is 0 Å². The van der Waals surface area contributed by atoms with Crippen molar-refractivity contribution in [2.24, 2.45) is 0 Å². The number of nitrogens with zero attached hydrogens (tertiary/aromatic N) is 2. The normalized spacial score (nSPS) is 15.6. The number of hydrogen-bond donors (Lipinski definition) is 5. The molecule has 0 bridgehead atoms. The van der Waals surface area contributed by atoms with Gasteiger partial charge in [-0.2, -0.15) is 0 Å². The third-order valence-electron chi connectivity index (χ3n) is 2.50. The molecule has 0 aromatic carbocycles. The molecule has 2 aromatic rings. The lowest BCUT2D eigenvalue weighted by atomic mass is 10.1. The van der Waals surface area contributed by atoms with E-state index in [9.17, 15) is 15.3 Å². The first-order valence-electron chi connectivity index (χ1n) is 5.24. The number of nitrogens with one attached hydrogen (secondary N) is 1. The minimum atomic E-state index is -1.51. The summed E-state index contributed by atoms with van der Waals surface area (Å²) in [6, 6.07) is 1.58. The molecule has 106 valence electrons. The average molecular weight is 273 g/mol. The van der Waals surface area contributed by atoms with E-state index >= 15 is 0 Å². The van der Waals surface area contributed by atoms with Gasteiger partial charge in [-0.25, -0.2) is 4.98 Å². The van der Waals surface area contributed by atoms with Crippen LogP contribution in [-0.4, -0.2) is 59.8 Å². The van der Waals surface area contributed by atoms with Crippen LogP contribution < -0.4 is 0 Å². The Labute approximate surface area is 107 Å². The van der Waals surface area contributed by atoms with Crippen LogP contribution in [-0.2, 0) is 0 Å². The van der Waals surface area contributed by atoms with E-state index in [0.717, 1.165) is 0 Å². The fraction of sp³-hybridized carbons (Fsp3) is 0.400. The van der Waals surface area contributed by atoms with Crippen molar-refractivity contribution >= 4 is 0 Å². The number of aliphatic hydroxyl groups is 4. The van der Waals surface area contributed by atoms with Crippen LogP contribution in [0.2, 0.25) is 0 Å². The Morgan fingerprint density at radius 2 is 2.05 bits per heavy atom. The number of rotatable bonds is 5. The van der Waals surface area contributed by atoms with E-state index in [1.54, 1.807) is 6.07 Å². The molecule has 3 atom stereocenters. The maximum absolute atomic E-state index is 9.77. The zero-order valence-electron chi connectivity index (χ0n) is 9.76. The largest absolute Gasteiger partial charge is 0.412 e. The molecule has 2 heterocycles. The molecular formula is C10H15N3O6. The standard InChI is InChI=1S/C10H13N3O5.H2O/c14-4-7(15)9(17)8(16)6-3-11-10(12-6)5-1-2-18-13-5;/h1-3,7-9,14-17H,4H2,(H,11,12);1H2. The fourth-order valence-corrected chi connectivity index (χ4v) is 1.45. The van der Waals surface area contributed by atoms with Crippen LogP contribution in [0.5, 0.6) is 0 Å². The van der Waals surface area contributed by atoms with Crippen molar-refractivity contribution in [3.05, 3.63) is 24.2 Å². The Balaban J connectivity index is 0.00000180. The van der Waals surface area contributed by atoms with Crippen LogP contribution in [0, 0.1) is 0 Å². The second-order valence-electron chi connectivity index (χ2n) is 3.76. The van der Waals surface area contributed by atoms with Crippen molar-refractivity contribution in [1.29, 1.82) is 0 Å². The van der Waals surface area contributed by atoms with Gasteiger partial charge in [0.05, 0.1) is 18.5 Å². The maximum Gasteiger partial charge on any atom is 0.159 e. The summed E-state index contributed by atoms with van der Waals surface area (Å²) in [5.41, 5.74) is 0.652. The number of hydrogen-bond acceptors (Lipinski definition) is 7. The minimum absolute atomic E-state index is 0. The molecule has 2 aromatic heterocycles. The van der Waals surface area contributed by atoms with Gasteiger partial charge < -0.3 is 35.4 Å². The molecule has 0 radical (unpaired) electrons. The second kappa shape index (κ2) is 6.41. The first-order valence-corrected chi connectivity index (χ1v) is 5.24. The molecule has 0 saturated carbocycles. The zero-order valence-corrected chi connectivity index (χ0v) is 9.76. The molecular weight excluding hydrogens is 258 g/mol. The molecule has 0 aliphatic heterocycles. The van der Waals surface area contributed by atoms with Gasteiger partial charge in [0.2, 0.25) is 0 Å². The van der Waals surface area contributed by atoms with Gasteiger partial charge in [0.1, 0.15) is 30.3 Å². The molecule has 0 aliphatic carbocycles. The Kier molecular flexibility index (Phi) is 5.15. The first-order chi connectivity index (χ1) is 8.63. The topological polar surface area (TPSA) is 167 Å². The third kappa shape index (κ3) is 3.16. The van der Waals surface area contributed by atoms with Crippen LogP contribution in [0.1, 0.15) is 11.8 Å². The molecule has 9 heteroatoms. The van der Waals surface area contributed by atoms with Crippen LogP contribution in [0.4, 0.5) is 0 Å². The van der Waals surface area contributed by atoms with Gasteiger partial charge in [0, 0.05) is 6.07 Å². The summed E-state index contributed by atoms with van der Waals surface area (Å²) >= 11 is 0. The molecule has 0 saturated heterocycles. The lowest BCUT2D eigenvalue weighted by Crippen LogP contribution is -2.34. The van der Waals surface area contributed by atoms with E-state index in [0.29, 0.717) is 11.5 Å². The minimum Gasteiger partial charge on any atom is -0.412 e. The molecule has 0 spiro atoms. The van der Waals surface area contributed by atoms with Gasteiger partial charge in [-0.15, -0.1) is 0 Å². The molecule has 3 unspecified atom stereocenters. The van der Waals surface area contributed by atoms with E-state index in [1.165, 1.54) is 12.5 Å². The van der Waals surface area contributed by atoms with Gasteiger partial charge in [-0.3, -0.25) is 0 Å². The monoisotopic (exact) mass is 273 g/mol. The van der Waals surface area contributed by atoms with E-state index < -0.39 is 24.9 Å². The van der Waals surface area contributed by atoms with Gasteiger partial charge in [0.15, 0.2) is 5.82 Å². The predicted octanol–water partition coefficient (Wildman–Crippen LogP) is -2.01. The average Bonchev–Trinajstić information content (AvgIpc) is 3.05. The predicted molar refractivity (Wildman–Crippen MR) is 61.8 cm³/mol. The highest BCUT2D eigenvalue weighted by atomic mass is 16.5. The summed E-state index contributed by atoms with van der Waals surface area (Å²) in [5.74, 6) is 0.364. The number of imidazole rings is 1. The Morgan fingerprint density at radius 3 is 2.63 bits per heavy atom. The smallest absolute Gasteiger partial charge is 0.159 e. The van der Waals surface area contributed by atoms with Gasteiger partial charge in [-0.1, -0.05) is 5.16 Å². The summed E-state index contributed by atoms with van der Waals surface area (Å²) in [6.45, 7) is -0.650. The highest BCUT2D eigenvalue weighted by molar-refractivity contribution is 5.47. The van der Waals surface area contributed by atoms with Gasteiger partial charge >= 0.3 is 0 Å². The Bertz CT molecular complexity index is 485.